The molecule has 1 N–H and O–H groups in total. The van der Waals surface area contributed by atoms with E-state index < -0.39 is 0 Å². The number of hydrogen-bond acceptors (Lipinski definition) is 2. The van der Waals surface area contributed by atoms with Crippen LogP contribution in [0, 0.1) is 0 Å². The fourth-order valence-corrected chi connectivity index (χ4v) is 1.76. The van der Waals surface area contributed by atoms with Crippen LogP contribution in [0.1, 0.15) is 28.4 Å². The molecule has 0 spiro atoms. The number of ketones is 1. The van der Waals surface area contributed by atoms with Crippen molar-refractivity contribution in [2.24, 2.45) is 0 Å². The summed E-state index contributed by atoms with van der Waals surface area (Å²) in [7, 11) is 0. The lowest BCUT2D eigenvalue weighted by Crippen LogP contribution is -1.94. The first-order chi connectivity index (χ1) is 9.19. The van der Waals surface area contributed by atoms with Crippen LogP contribution in [0.5, 0.6) is 5.75 Å². The highest BCUT2D eigenvalue weighted by Crippen LogP contribution is 2.12. The number of carbonyl (C=O) groups is 1. The van der Waals surface area contributed by atoms with Gasteiger partial charge in [-0.25, -0.2) is 0 Å². The molecule has 2 nitrogen and oxygen atoms in total. The molecular weight excluding hydrogens is 236 g/mol. The number of phenols is 1. The molecule has 0 saturated carbocycles. The lowest BCUT2D eigenvalue weighted by molar-refractivity contribution is 0.104. The van der Waals surface area contributed by atoms with Gasteiger partial charge in [0.2, 0.25) is 0 Å². The number of aryl methyl sites for hydroxylation is 1. The molecule has 2 aromatic rings. The third kappa shape index (κ3) is 3.55. The smallest absolute Gasteiger partial charge is 0.185 e. The molecule has 0 saturated heterocycles. The van der Waals surface area contributed by atoms with Crippen LogP contribution in [0.25, 0.3) is 6.08 Å². The third-order valence-electron chi connectivity index (χ3n) is 2.97. The molecule has 2 rings (SSSR count). The van der Waals surface area contributed by atoms with Crippen LogP contribution >= 0.6 is 0 Å². The Balaban J connectivity index is 2.09. The maximum Gasteiger partial charge on any atom is 0.185 e. The largest absolute Gasteiger partial charge is 0.508 e. The number of benzene rings is 2. The molecule has 0 radical (unpaired) electrons. The van der Waals surface area contributed by atoms with E-state index in [4.69, 9.17) is 0 Å². The second-order valence-corrected chi connectivity index (χ2v) is 4.34. The Morgan fingerprint density at radius 1 is 1.05 bits per heavy atom. The summed E-state index contributed by atoms with van der Waals surface area (Å²) in [6, 6.07) is 14.4. The zero-order chi connectivity index (χ0) is 13.7. The molecule has 2 heteroatoms. The van der Waals surface area contributed by atoms with Crippen molar-refractivity contribution in [3.63, 3.8) is 0 Å². The van der Waals surface area contributed by atoms with E-state index in [1.54, 1.807) is 36.4 Å². The van der Waals surface area contributed by atoms with Gasteiger partial charge in [0.25, 0.3) is 0 Å². The fourth-order valence-electron chi connectivity index (χ4n) is 1.76. The van der Waals surface area contributed by atoms with Gasteiger partial charge in [0.15, 0.2) is 5.78 Å². The number of hydrogen-bond donors (Lipinski definition) is 1. The summed E-state index contributed by atoms with van der Waals surface area (Å²) < 4.78 is 0. The average molecular weight is 252 g/mol. The van der Waals surface area contributed by atoms with Crippen LogP contribution in [0.3, 0.4) is 0 Å². The number of carbonyl (C=O) groups excluding carboxylic acids is 1. The molecule has 0 bridgehead atoms. The van der Waals surface area contributed by atoms with Crippen molar-refractivity contribution in [2.45, 2.75) is 13.3 Å². The molecular formula is C17H16O2. The van der Waals surface area contributed by atoms with Gasteiger partial charge in [-0.15, -0.1) is 0 Å². The van der Waals surface area contributed by atoms with E-state index in [1.807, 2.05) is 24.3 Å². The highest BCUT2D eigenvalue weighted by Gasteiger charge is 2.01. The van der Waals surface area contributed by atoms with Crippen LogP contribution in [0.4, 0.5) is 0 Å². The Morgan fingerprint density at radius 2 is 1.68 bits per heavy atom. The minimum atomic E-state index is -0.0178. The second kappa shape index (κ2) is 6.01. The summed E-state index contributed by atoms with van der Waals surface area (Å²) in [5.41, 5.74) is 2.79. The highest BCUT2D eigenvalue weighted by molar-refractivity contribution is 6.06. The number of rotatable bonds is 4. The highest BCUT2D eigenvalue weighted by atomic mass is 16.3. The van der Waals surface area contributed by atoms with Crippen molar-refractivity contribution in [3.05, 3.63) is 71.3 Å². The van der Waals surface area contributed by atoms with Crippen LogP contribution in [-0.4, -0.2) is 10.9 Å². The molecule has 0 aliphatic carbocycles. The minimum absolute atomic E-state index is 0.0178. The maximum atomic E-state index is 11.9. The fraction of sp³-hybridized carbons (Fsp3) is 0.118. The quantitative estimate of drug-likeness (QED) is 0.663. The summed E-state index contributed by atoms with van der Waals surface area (Å²) in [4.78, 5) is 11.9. The van der Waals surface area contributed by atoms with Crippen molar-refractivity contribution in [1.82, 2.24) is 0 Å². The first-order valence-corrected chi connectivity index (χ1v) is 6.29. The molecule has 0 aliphatic rings. The summed E-state index contributed by atoms with van der Waals surface area (Å²) in [5.74, 6) is 0.203. The summed E-state index contributed by atoms with van der Waals surface area (Å²) in [5, 5.41) is 9.17. The van der Waals surface area contributed by atoms with Crippen LogP contribution < -0.4 is 0 Å². The molecule has 0 heterocycles. The van der Waals surface area contributed by atoms with Gasteiger partial charge < -0.3 is 5.11 Å². The van der Waals surface area contributed by atoms with E-state index in [-0.39, 0.29) is 11.5 Å². The zero-order valence-corrected chi connectivity index (χ0v) is 10.8. The molecule has 0 atom stereocenters. The van der Waals surface area contributed by atoms with E-state index in [1.165, 1.54) is 5.56 Å². The lowest BCUT2D eigenvalue weighted by atomic mass is 10.1. The van der Waals surface area contributed by atoms with Crippen molar-refractivity contribution in [3.8, 4) is 5.75 Å². The molecule has 19 heavy (non-hydrogen) atoms. The standard InChI is InChI=1S/C17H16O2/c1-2-13-3-8-15(9-4-13)17(19)12-7-14-5-10-16(18)11-6-14/h3-12,18H,2H2,1H3. The first-order valence-electron chi connectivity index (χ1n) is 6.29. The predicted octanol–water partition coefficient (Wildman–Crippen LogP) is 3.85. The van der Waals surface area contributed by atoms with Crippen molar-refractivity contribution >= 4 is 11.9 Å². The molecule has 0 fully saturated rings. The topological polar surface area (TPSA) is 37.3 Å². The van der Waals surface area contributed by atoms with E-state index in [0.29, 0.717) is 5.56 Å². The molecule has 0 aliphatic heterocycles. The van der Waals surface area contributed by atoms with Crippen molar-refractivity contribution in [2.75, 3.05) is 0 Å². The molecule has 0 aromatic heterocycles. The minimum Gasteiger partial charge on any atom is -0.508 e. The van der Waals surface area contributed by atoms with E-state index in [0.717, 1.165) is 12.0 Å². The predicted molar refractivity (Wildman–Crippen MR) is 77.3 cm³/mol. The average Bonchev–Trinajstić information content (AvgIpc) is 2.46. The molecule has 2 aromatic carbocycles. The molecule has 96 valence electrons. The first kappa shape index (κ1) is 13.1. The van der Waals surface area contributed by atoms with Gasteiger partial charge in [0, 0.05) is 5.56 Å². The monoisotopic (exact) mass is 252 g/mol. The summed E-state index contributed by atoms with van der Waals surface area (Å²) >= 11 is 0. The Kier molecular flexibility index (Phi) is 4.14. The van der Waals surface area contributed by atoms with Crippen LogP contribution in [0.2, 0.25) is 0 Å². The molecule has 0 amide bonds. The normalized spacial score (nSPS) is 10.8. The lowest BCUT2D eigenvalue weighted by Gasteiger charge is -1.99. The Morgan fingerprint density at radius 3 is 2.26 bits per heavy atom. The zero-order valence-electron chi connectivity index (χ0n) is 10.8. The van der Waals surface area contributed by atoms with Gasteiger partial charge >= 0.3 is 0 Å². The summed E-state index contributed by atoms with van der Waals surface area (Å²) in [6.45, 7) is 2.08. The molecule has 0 unspecified atom stereocenters. The van der Waals surface area contributed by atoms with Gasteiger partial charge in [-0.2, -0.15) is 0 Å². The number of aromatic hydroxyl groups is 1. The van der Waals surface area contributed by atoms with Crippen LogP contribution in [-0.2, 0) is 6.42 Å². The van der Waals surface area contributed by atoms with E-state index in [9.17, 15) is 9.90 Å². The number of allylic oxidation sites excluding steroid dienone is 1. The van der Waals surface area contributed by atoms with Gasteiger partial charge in [0.05, 0.1) is 0 Å². The Labute approximate surface area is 113 Å². The van der Waals surface area contributed by atoms with Gasteiger partial charge in [-0.3, -0.25) is 4.79 Å². The van der Waals surface area contributed by atoms with Crippen molar-refractivity contribution < 1.29 is 9.90 Å². The van der Waals surface area contributed by atoms with Gasteiger partial charge in [-0.1, -0.05) is 49.4 Å². The van der Waals surface area contributed by atoms with Gasteiger partial charge in [-0.05, 0) is 35.8 Å². The Bertz CT molecular complexity index is 578. The summed E-state index contributed by atoms with van der Waals surface area (Å²) in [6.07, 6.45) is 4.26. The Hall–Kier alpha value is -2.35. The third-order valence-corrected chi connectivity index (χ3v) is 2.97. The van der Waals surface area contributed by atoms with Crippen LogP contribution in [0.15, 0.2) is 54.6 Å². The van der Waals surface area contributed by atoms with E-state index >= 15 is 0 Å². The van der Waals surface area contributed by atoms with Crippen molar-refractivity contribution in [1.29, 1.82) is 0 Å². The second-order valence-electron chi connectivity index (χ2n) is 4.34. The van der Waals surface area contributed by atoms with E-state index in [2.05, 4.69) is 6.92 Å². The maximum absolute atomic E-state index is 11.9. The number of phenolic OH excluding ortho intramolecular Hbond substituents is 1. The SMILES string of the molecule is CCc1ccc(C(=O)C=Cc2ccc(O)cc2)cc1. The van der Waals surface area contributed by atoms with Gasteiger partial charge in [0.1, 0.15) is 5.75 Å².